The highest BCUT2D eigenvalue weighted by Gasteiger charge is 2.26. The van der Waals surface area contributed by atoms with E-state index < -0.39 is 6.10 Å². The molecule has 1 fully saturated rings. The third-order valence-electron chi connectivity index (χ3n) is 5.19. The molecule has 7 nitrogen and oxygen atoms in total. The number of aryl methyl sites for hydroxylation is 1. The summed E-state index contributed by atoms with van der Waals surface area (Å²) in [5, 5.41) is 8.72. The van der Waals surface area contributed by atoms with Crippen LogP contribution in [0.4, 0.5) is 5.82 Å². The fraction of sp³-hybridized carbons (Fsp3) is 0.304. The maximum atomic E-state index is 12.8. The summed E-state index contributed by atoms with van der Waals surface area (Å²) in [5.74, 6) is 1.55. The lowest BCUT2D eigenvalue weighted by Gasteiger charge is -2.36. The average molecular weight is 403 g/mol. The molecule has 1 atom stereocenters. The van der Waals surface area contributed by atoms with Crippen LogP contribution in [-0.4, -0.2) is 58.3 Å². The van der Waals surface area contributed by atoms with Crippen LogP contribution in [0.25, 0.3) is 11.3 Å². The van der Waals surface area contributed by atoms with Crippen molar-refractivity contribution in [2.24, 2.45) is 0 Å². The molecular formula is C23H25N5O2. The van der Waals surface area contributed by atoms with Crippen LogP contribution in [0.15, 0.2) is 60.9 Å². The molecule has 1 unspecified atom stereocenters. The van der Waals surface area contributed by atoms with E-state index in [0.717, 1.165) is 28.4 Å². The van der Waals surface area contributed by atoms with Gasteiger partial charge in [0.1, 0.15) is 5.75 Å². The molecule has 2 aromatic heterocycles. The molecule has 1 amide bonds. The third-order valence-corrected chi connectivity index (χ3v) is 5.19. The Hall–Kier alpha value is -3.48. The van der Waals surface area contributed by atoms with Gasteiger partial charge in [-0.25, -0.2) is 0 Å². The van der Waals surface area contributed by atoms with Crippen molar-refractivity contribution in [1.29, 1.82) is 0 Å². The lowest BCUT2D eigenvalue weighted by atomic mass is 10.2. The van der Waals surface area contributed by atoms with Gasteiger partial charge < -0.3 is 14.5 Å². The summed E-state index contributed by atoms with van der Waals surface area (Å²) < 4.78 is 5.85. The number of benzene rings is 1. The molecule has 0 saturated carbocycles. The Labute approximate surface area is 176 Å². The molecule has 0 radical (unpaired) electrons. The molecule has 30 heavy (non-hydrogen) atoms. The van der Waals surface area contributed by atoms with Crippen LogP contribution in [0.5, 0.6) is 5.75 Å². The number of nitrogens with zero attached hydrogens (tertiary/aromatic N) is 5. The average Bonchev–Trinajstić information content (AvgIpc) is 2.79. The maximum absolute atomic E-state index is 12.8. The van der Waals surface area contributed by atoms with Gasteiger partial charge in [0.15, 0.2) is 11.9 Å². The van der Waals surface area contributed by atoms with Crippen molar-refractivity contribution < 1.29 is 9.53 Å². The van der Waals surface area contributed by atoms with Gasteiger partial charge in [0, 0.05) is 44.1 Å². The molecule has 154 valence electrons. The van der Waals surface area contributed by atoms with Crippen molar-refractivity contribution in [1.82, 2.24) is 20.1 Å². The molecule has 1 aliphatic rings. The Morgan fingerprint density at radius 3 is 2.43 bits per heavy atom. The highest BCUT2D eigenvalue weighted by atomic mass is 16.5. The second-order valence-corrected chi connectivity index (χ2v) is 7.40. The summed E-state index contributed by atoms with van der Waals surface area (Å²) in [6.07, 6.45) is 2.97. The summed E-state index contributed by atoms with van der Waals surface area (Å²) in [7, 11) is 0. The largest absolute Gasteiger partial charge is 0.481 e. The fourth-order valence-corrected chi connectivity index (χ4v) is 3.53. The van der Waals surface area contributed by atoms with E-state index in [4.69, 9.17) is 4.74 Å². The number of ether oxygens (including phenoxy) is 1. The van der Waals surface area contributed by atoms with Crippen LogP contribution in [-0.2, 0) is 4.79 Å². The SMILES string of the molecule is Cc1cccc(OC(C)C(=O)N2CCN(c3ccc(-c4ccncc4)nn3)CC2)c1. The summed E-state index contributed by atoms with van der Waals surface area (Å²) in [6.45, 7) is 6.51. The highest BCUT2D eigenvalue weighted by molar-refractivity contribution is 5.81. The molecular weight excluding hydrogens is 378 g/mol. The third kappa shape index (κ3) is 4.56. The van der Waals surface area contributed by atoms with Gasteiger partial charge in [0.05, 0.1) is 5.69 Å². The van der Waals surface area contributed by atoms with Crippen LogP contribution in [0.3, 0.4) is 0 Å². The minimum absolute atomic E-state index is 0.00951. The van der Waals surface area contributed by atoms with Gasteiger partial charge in [-0.2, -0.15) is 0 Å². The van der Waals surface area contributed by atoms with Crippen molar-refractivity contribution in [2.75, 3.05) is 31.1 Å². The molecule has 1 saturated heterocycles. The van der Waals surface area contributed by atoms with Crippen molar-refractivity contribution in [2.45, 2.75) is 20.0 Å². The van der Waals surface area contributed by atoms with Crippen molar-refractivity contribution in [3.05, 3.63) is 66.5 Å². The number of rotatable bonds is 5. The number of carbonyl (C=O) groups excluding carboxylic acids is 1. The van der Waals surface area contributed by atoms with Gasteiger partial charge in [0.2, 0.25) is 0 Å². The Morgan fingerprint density at radius 1 is 1.00 bits per heavy atom. The van der Waals surface area contributed by atoms with E-state index in [0.29, 0.717) is 26.2 Å². The second kappa shape index (κ2) is 8.90. The number of pyridine rings is 1. The smallest absolute Gasteiger partial charge is 0.263 e. The lowest BCUT2D eigenvalue weighted by molar-refractivity contribution is -0.138. The van der Waals surface area contributed by atoms with Crippen molar-refractivity contribution in [3.63, 3.8) is 0 Å². The molecule has 0 spiro atoms. The predicted molar refractivity (Wildman–Crippen MR) is 115 cm³/mol. The summed E-state index contributed by atoms with van der Waals surface area (Å²) in [4.78, 5) is 20.8. The summed E-state index contributed by atoms with van der Waals surface area (Å²) >= 11 is 0. The first kappa shape index (κ1) is 19.8. The molecule has 4 rings (SSSR count). The lowest BCUT2D eigenvalue weighted by Crippen LogP contribution is -2.52. The first-order valence-electron chi connectivity index (χ1n) is 10.1. The van der Waals surface area contributed by atoms with Crippen LogP contribution < -0.4 is 9.64 Å². The van der Waals surface area contributed by atoms with Gasteiger partial charge in [-0.1, -0.05) is 12.1 Å². The van der Waals surface area contributed by atoms with Crippen molar-refractivity contribution in [3.8, 4) is 17.0 Å². The first-order chi connectivity index (χ1) is 14.6. The predicted octanol–water partition coefficient (Wildman–Crippen LogP) is 2.96. The molecule has 1 aromatic carbocycles. The van der Waals surface area contributed by atoms with E-state index >= 15 is 0 Å². The number of hydrogen-bond donors (Lipinski definition) is 0. The molecule has 0 bridgehead atoms. The zero-order chi connectivity index (χ0) is 20.9. The molecule has 0 aliphatic carbocycles. The molecule has 7 heteroatoms. The zero-order valence-electron chi connectivity index (χ0n) is 17.2. The van der Waals surface area contributed by atoms with E-state index in [1.54, 1.807) is 19.3 Å². The Bertz CT molecular complexity index is 986. The fourth-order valence-electron chi connectivity index (χ4n) is 3.53. The van der Waals surface area contributed by atoms with Gasteiger partial charge in [-0.05, 0) is 55.8 Å². The van der Waals surface area contributed by atoms with E-state index in [1.165, 1.54) is 0 Å². The van der Waals surface area contributed by atoms with Crippen molar-refractivity contribution >= 4 is 11.7 Å². The topological polar surface area (TPSA) is 71.5 Å². The quantitative estimate of drug-likeness (QED) is 0.652. The second-order valence-electron chi connectivity index (χ2n) is 7.40. The Morgan fingerprint density at radius 2 is 1.77 bits per heavy atom. The summed E-state index contributed by atoms with van der Waals surface area (Å²) in [5.41, 5.74) is 2.91. The number of hydrogen-bond acceptors (Lipinski definition) is 6. The van der Waals surface area contributed by atoms with Gasteiger partial charge in [0.25, 0.3) is 5.91 Å². The maximum Gasteiger partial charge on any atom is 0.263 e. The minimum Gasteiger partial charge on any atom is -0.481 e. The Kier molecular flexibility index (Phi) is 5.88. The zero-order valence-corrected chi connectivity index (χ0v) is 17.2. The van der Waals surface area contributed by atoms with Gasteiger partial charge >= 0.3 is 0 Å². The van der Waals surface area contributed by atoms with E-state index in [9.17, 15) is 4.79 Å². The number of carbonyl (C=O) groups is 1. The van der Waals surface area contributed by atoms with Crippen LogP contribution in [0, 0.1) is 6.92 Å². The highest BCUT2D eigenvalue weighted by Crippen LogP contribution is 2.19. The normalized spacial score (nSPS) is 15.0. The molecule has 1 aliphatic heterocycles. The molecule has 3 heterocycles. The monoisotopic (exact) mass is 403 g/mol. The summed E-state index contributed by atoms with van der Waals surface area (Å²) in [6, 6.07) is 15.5. The van der Waals surface area contributed by atoms with Crippen LogP contribution in [0.1, 0.15) is 12.5 Å². The van der Waals surface area contributed by atoms with Crippen LogP contribution in [0.2, 0.25) is 0 Å². The van der Waals surface area contributed by atoms with E-state index in [-0.39, 0.29) is 5.91 Å². The number of anilines is 1. The van der Waals surface area contributed by atoms with Gasteiger partial charge in [-0.15, -0.1) is 10.2 Å². The number of aromatic nitrogens is 3. The van der Waals surface area contributed by atoms with E-state index in [1.807, 2.05) is 60.4 Å². The van der Waals surface area contributed by atoms with Gasteiger partial charge in [-0.3, -0.25) is 9.78 Å². The Balaban J connectivity index is 1.32. The minimum atomic E-state index is -0.516. The number of piperazine rings is 1. The number of amides is 1. The van der Waals surface area contributed by atoms with Crippen LogP contribution >= 0.6 is 0 Å². The molecule has 3 aromatic rings. The molecule has 0 N–H and O–H groups in total. The van der Waals surface area contributed by atoms with E-state index in [2.05, 4.69) is 20.1 Å². The standard InChI is InChI=1S/C23H25N5O2/c1-17-4-3-5-20(16-17)30-18(2)23(29)28-14-12-27(13-15-28)22-7-6-21(25-26-22)19-8-10-24-11-9-19/h3-11,16,18H,12-15H2,1-2H3. The first-order valence-corrected chi connectivity index (χ1v) is 10.1.